The summed E-state index contributed by atoms with van der Waals surface area (Å²) in [5, 5.41) is 12.4. The van der Waals surface area contributed by atoms with E-state index < -0.39 is 0 Å². The zero-order valence-corrected chi connectivity index (χ0v) is 18.0. The van der Waals surface area contributed by atoms with Crippen molar-refractivity contribution in [1.82, 2.24) is 30.4 Å². The lowest BCUT2D eigenvalue weighted by Gasteiger charge is -2.32. The van der Waals surface area contributed by atoms with Gasteiger partial charge in [-0.1, -0.05) is 13.0 Å². The van der Waals surface area contributed by atoms with Crippen LogP contribution in [0.3, 0.4) is 0 Å². The lowest BCUT2D eigenvalue weighted by atomic mass is 9.88. The average Bonchev–Trinajstić information content (AvgIpc) is 3.43. The first kappa shape index (κ1) is 19.8. The van der Waals surface area contributed by atoms with Gasteiger partial charge in [0.05, 0.1) is 18.4 Å². The first-order valence-electron chi connectivity index (χ1n) is 11.0. The Labute approximate surface area is 181 Å². The van der Waals surface area contributed by atoms with E-state index in [9.17, 15) is 4.79 Å². The predicted molar refractivity (Wildman–Crippen MR) is 123 cm³/mol. The molecule has 1 aliphatic rings. The van der Waals surface area contributed by atoms with Crippen LogP contribution in [0, 0.1) is 0 Å². The maximum atomic E-state index is 12.2. The maximum Gasteiger partial charge on any atom is 0.236 e. The molecule has 0 radical (unpaired) electrons. The molecule has 1 amide bonds. The summed E-state index contributed by atoms with van der Waals surface area (Å²) in [6.07, 6.45) is 6.64. The van der Waals surface area contributed by atoms with Gasteiger partial charge in [0.1, 0.15) is 0 Å². The molecule has 0 saturated carbocycles. The van der Waals surface area contributed by atoms with Crippen LogP contribution in [0.5, 0.6) is 0 Å². The fourth-order valence-corrected chi connectivity index (χ4v) is 4.91. The summed E-state index contributed by atoms with van der Waals surface area (Å²) < 4.78 is 0. The van der Waals surface area contributed by atoms with Crippen LogP contribution in [-0.4, -0.2) is 57.7 Å². The highest BCUT2D eigenvalue weighted by Gasteiger charge is 2.24. The molecule has 1 saturated heterocycles. The highest BCUT2D eigenvalue weighted by molar-refractivity contribution is 5.98. The van der Waals surface area contributed by atoms with Crippen molar-refractivity contribution < 1.29 is 4.79 Å². The number of fused-ring (bicyclic) bond motifs is 2. The Morgan fingerprint density at radius 2 is 2.06 bits per heavy atom. The third kappa shape index (κ3) is 3.49. The molecule has 31 heavy (non-hydrogen) atoms. The number of aromatic nitrogens is 4. The number of aryl methyl sites for hydroxylation is 1. The number of pyridine rings is 1. The van der Waals surface area contributed by atoms with Crippen LogP contribution in [0.25, 0.3) is 33.2 Å². The number of likely N-dealkylation sites (tertiary alicyclic amines) is 1. The number of hydrogen-bond donors (Lipinski definition) is 3. The summed E-state index contributed by atoms with van der Waals surface area (Å²) in [6.45, 7) is 4.29. The van der Waals surface area contributed by atoms with E-state index >= 15 is 0 Å². The van der Waals surface area contributed by atoms with E-state index in [1.54, 1.807) is 0 Å². The number of benzene rings is 1. The molecule has 7 nitrogen and oxygen atoms in total. The van der Waals surface area contributed by atoms with Crippen LogP contribution >= 0.6 is 0 Å². The fraction of sp³-hybridized carbons (Fsp3) is 0.375. The molecule has 1 fully saturated rings. The number of likely N-dealkylation sites (N-methyl/N-ethyl adjacent to an activating group) is 1. The largest absolute Gasteiger partial charge is 0.354 e. The number of rotatable bonds is 5. The van der Waals surface area contributed by atoms with Crippen LogP contribution in [0.4, 0.5) is 0 Å². The van der Waals surface area contributed by atoms with E-state index in [2.05, 4.69) is 56.7 Å². The molecule has 0 spiro atoms. The highest BCUT2D eigenvalue weighted by Crippen LogP contribution is 2.36. The molecule has 5 rings (SSSR count). The quantitative estimate of drug-likeness (QED) is 0.464. The van der Waals surface area contributed by atoms with Crippen LogP contribution in [0.2, 0.25) is 0 Å². The Kier molecular flexibility index (Phi) is 5.19. The molecule has 3 aromatic heterocycles. The average molecular weight is 417 g/mol. The van der Waals surface area contributed by atoms with Crippen molar-refractivity contribution in [2.75, 3.05) is 26.7 Å². The third-order valence-electron chi connectivity index (χ3n) is 6.55. The first-order valence-corrected chi connectivity index (χ1v) is 11.0. The Bertz CT molecular complexity index is 1230. The number of amides is 1. The van der Waals surface area contributed by atoms with E-state index in [1.807, 2.05) is 24.3 Å². The molecule has 160 valence electrons. The zero-order valence-electron chi connectivity index (χ0n) is 18.0. The van der Waals surface area contributed by atoms with E-state index in [1.165, 1.54) is 16.5 Å². The maximum absolute atomic E-state index is 12.2. The smallest absolute Gasteiger partial charge is 0.236 e. The predicted octanol–water partition coefficient (Wildman–Crippen LogP) is 3.59. The topological polar surface area (TPSA) is 89.7 Å². The summed E-state index contributed by atoms with van der Waals surface area (Å²) >= 11 is 0. The Morgan fingerprint density at radius 1 is 1.23 bits per heavy atom. The summed E-state index contributed by atoms with van der Waals surface area (Å²) in [6, 6.07) is 8.87. The molecule has 1 aliphatic heterocycles. The summed E-state index contributed by atoms with van der Waals surface area (Å²) in [5.41, 5.74) is 6.94. The SMILES string of the molecule is CCc1c(-c2ccnc3[nH]ncc23)[nH]c2ccc(C3CCN(C(=O)CNC)CC3)cc12. The van der Waals surface area contributed by atoms with Crippen LogP contribution in [0.15, 0.2) is 36.7 Å². The summed E-state index contributed by atoms with van der Waals surface area (Å²) in [7, 11) is 1.82. The van der Waals surface area contributed by atoms with Crippen molar-refractivity contribution in [3.63, 3.8) is 0 Å². The van der Waals surface area contributed by atoms with Gasteiger partial charge >= 0.3 is 0 Å². The molecule has 0 aliphatic carbocycles. The second-order valence-electron chi connectivity index (χ2n) is 8.31. The van der Waals surface area contributed by atoms with Crippen molar-refractivity contribution >= 4 is 27.8 Å². The molecular weight excluding hydrogens is 388 g/mol. The molecule has 0 atom stereocenters. The number of H-pyrrole nitrogens is 2. The van der Waals surface area contributed by atoms with Crippen molar-refractivity contribution in [3.8, 4) is 11.3 Å². The van der Waals surface area contributed by atoms with E-state index in [4.69, 9.17) is 0 Å². The molecule has 4 heterocycles. The van der Waals surface area contributed by atoms with Crippen LogP contribution < -0.4 is 5.32 Å². The molecule has 1 aromatic carbocycles. The van der Waals surface area contributed by atoms with Gasteiger partial charge in [-0.05, 0) is 61.6 Å². The second-order valence-corrected chi connectivity index (χ2v) is 8.31. The minimum atomic E-state index is 0.197. The molecule has 0 unspecified atom stereocenters. The van der Waals surface area contributed by atoms with Crippen molar-refractivity contribution in [2.45, 2.75) is 32.1 Å². The summed E-state index contributed by atoms with van der Waals surface area (Å²) in [5.74, 6) is 0.690. The Balaban J connectivity index is 1.47. The van der Waals surface area contributed by atoms with Gasteiger partial charge in [-0.25, -0.2) is 4.98 Å². The molecule has 7 heteroatoms. The highest BCUT2D eigenvalue weighted by atomic mass is 16.2. The van der Waals surface area contributed by atoms with E-state index in [0.29, 0.717) is 12.5 Å². The number of hydrogen-bond acceptors (Lipinski definition) is 4. The minimum Gasteiger partial charge on any atom is -0.354 e. The molecule has 3 N–H and O–H groups in total. The zero-order chi connectivity index (χ0) is 21.4. The standard InChI is InChI=1S/C24H28N6O/c1-3-17-19-12-16(15-7-10-30(11-8-15)22(31)14-25-2)4-5-21(19)28-23(17)18-6-9-26-24-20(18)13-27-29-24/h4-6,9,12-13,15,25,28H,3,7-8,10-11,14H2,1-2H3,(H,26,27,29). The van der Waals surface area contributed by atoms with Gasteiger partial charge in [-0.2, -0.15) is 5.10 Å². The third-order valence-corrected chi connectivity index (χ3v) is 6.55. The number of nitrogens with zero attached hydrogens (tertiary/aromatic N) is 3. The normalized spacial score (nSPS) is 15.2. The second kappa shape index (κ2) is 8.15. The lowest BCUT2D eigenvalue weighted by Crippen LogP contribution is -2.41. The monoisotopic (exact) mass is 416 g/mol. The minimum absolute atomic E-state index is 0.197. The molecule has 4 aromatic rings. The van der Waals surface area contributed by atoms with Gasteiger partial charge < -0.3 is 15.2 Å². The lowest BCUT2D eigenvalue weighted by molar-refractivity contribution is -0.131. The number of piperidine rings is 1. The molecular formula is C24H28N6O. The number of aromatic amines is 2. The van der Waals surface area contributed by atoms with Gasteiger partial charge in [0.2, 0.25) is 5.91 Å². The fourth-order valence-electron chi connectivity index (χ4n) is 4.91. The van der Waals surface area contributed by atoms with Crippen LogP contribution in [-0.2, 0) is 11.2 Å². The van der Waals surface area contributed by atoms with Gasteiger partial charge in [-0.15, -0.1) is 0 Å². The number of nitrogens with one attached hydrogen (secondary N) is 3. The van der Waals surface area contributed by atoms with E-state index in [-0.39, 0.29) is 5.91 Å². The van der Waals surface area contributed by atoms with Crippen molar-refractivity contribution in [2.24, 2.45) is 0 Å². The first-order chi connectivity index (χ1) is 15.2. The van der Waals surface area contributed by atoms with Crippen LogP contribution in [0.1, 0.15) is 36.8 Å². The summed E-state index contributed by atoms with van der Waals surface area (Å²) in [4.78, 5) is 22.2. The number of carbonyl (C=O) groups excluding carboxylic acids is 1. The Morgan fingerprint density at radius 3 is 2.84 bits per heavy atom. The van der Waals surface area contributed by atoms with Crippen molar-refractivity contribution in [1.29, 1.82) is 0 Å². The van der Waals surface area contributed by atoms with Gasteiger partial charge in [0.25, 0.3) is 0 Å². The van der Waals surface area contributed by atoms with Crippen molar-refractivity contribution in [3.05, 3.63) is 47.8 Å². The van der Waals surface area contributed by atoms with E-state index in [0.717, 1.165) is 60.2 Å². The number of carbonyl (C=O) groups is 1. The van der Waals surface area contributed by atoms with Gasteiger partial charge in [0.15, 0.2) is 5.65 Å². The van der Waals surface area contributed by atoms with Gasteiger partial charge in [0, 0.05) is 41.1 Å². The van der Waals surface area contributed by atoms with Gasteiger partial charge in [-0.3, -0.25) is 9.89 Å². The molecule has 0 bridgehead atoms. The Hall–Kier alpha value is -3.19.